The third-order valence-corrected chi connectivity index (χ3v) is 5.68. The van der Waals surface area contributed by atoms with Crippen LogP contribution in [0.25, 0.3) is 0 Å². The van der Waals surface area contributed by atoms with Crippen LogP contribution in [-0.4, -0.2) is 27.3 Å². The fourth-order valence-electron chi connectivity index (χ4n) is 3.39. The number of allylic oxidation sites excluding steroid dienone is 1. The van der Waals surface area contributed by atoms with E-state index in [1.54, 1.807) is 36.7 Å². The number of hydrogen-bond donors (Lipinski definition) is 1. The van der Waals surface area contributed by atoms with Crippen LogP contribution in [0.3, 0.4) is 0 Å². The summed E-state index contributed by atoms with van der Waals surface area (Å²) in [6.07, 6.45) is 0. The van der Waals surface area contributed by atoms with E-state index in [0.717, 1.165) is 5.56 Å². The van der Waals surface area contributed by atoms with Gasteiger partial charge < -0.3 is 10.1 Å². The fourth-order valence-corrected chi connectivity index (χ4v) is 4.17. The highest BCUT2D eigenvalue weighted by Gasteiger charge is 2.35. The molecule has 0 fully saturated rings. The highest BCUT2D eigenvalue weighted by Crippen LogP contribution is 2.37. The van der Waals surface area contributed by atoms with E-state index in [2.05, 4.69) is 15.4 Å². The van der Waals surface area contributed by atoms with Gasteiger partial charge in [-0.2, -0.15) is 4.98 Å². The minimum absolute atomic E-state index is 0.227. The Bertz CT molecular complexity index is 1140. The van der Waals surface area contributed by atoms with E-state index < -0.39 is 12.0 Å². The largest absolute Gasteiger partial charge is 0.463 e. The zero-order valence-corrected chi connectivity index (χ0v) is 17.7. The average Bonchev–Trinajstić information content (AvgIpc) is 3.14. The van der Waals surface area contributed by atoms with Gasteiger partial charge in [-0.05, 0) is 49.2 Å². The van der Waals surface area contributed by atoms with Crippen molar-refractivity contribution in [1.82, 2.24) is 14.8 Å². The second-order valence-corrected chi connectivity index (χ2v) is 7.86. The Kier molecular flexibility index (Phi) is 6.03. The molecule has 0 amide bonds. The van der Waals surface area contributed by atoms with Gasteiger partial charge in [-0.15, -0.1) is 5.10 Å². The van der Waals surface area contributed by atoms with Crippen molar-refractivity contribution < 1.29 is 18.3 Å². The molecular weight excluding hydrogens is 422 g/mol. The Morgan fingerprint density at radius 1 is 1.19 bits per heavy atom. The zero-order chi connectivity index (χ0) is 22.0. The van der Waals surface area contributed by atoms with E-state index in [9.17, 15) is 13.6 Å². The molecule has 0 saturated carbocycles. The molecule has 3 aromatic rings. The summed E-state index contributed by atoms with van der Waals surface area (Å²) in [4.78, 5) is 17.2. The van der Waals surface area contributed by atoms with Crippen molar-refractivity contribution in [3.05, 3.63) is 82.6 Å². The number of carbonyl (C=O) groups is 1. The number of rotatable bonds is 6. The maximum Gasteiger partial charge on any atom is 0.338 e. The van der Waals surface area contributed by atoms with Crippen LogP contribution in [-0.2, 0) is 15.3 Å². The lowest BCUT2D eigenvalue weighted by Gasteiger charge is -2.28. The summed E-state index contributed by atoms with van der Waals surface area (Å²) in [5.74, 6) is -0.202. The second-order valence-electron chi connectivity index (χ2n) is 6.92. The molecule has 31 heavy (non-hydrogen) atoms. The molecule has 2 aromatic carbocycles. The minimum atomic E-state index is -0.619. The molecule has 6 nitrogen and oxygen atoms in total. The van der Waals surface area contributed by atoms with Crippen LogP contribution in [0.2, 0.25) is 0 Å². The molecule has 0 aliphatic carbocycles. The summed E-state index contributed by atoms with van der Waals surface area (Å²) < 4.78 is 33.8. The average molecular weight is 442 g/mol. The summed E-state index contributed by atoms with van der Waals surface area (Å²) in [6.45, 7) is 3.73. The van der Waals surface area contributed by atoms with Crippen LogP contribution in [0.5, 0.6) is 0 Å². The van der Waals surface area contributed by atoms with E-state index in [-0.39, 0.29) is 18.2 Å². The Morgan fingerprint density at radius 2 is 1.97 bits per heavy atom. The number of fused-ring (bicyclic) bond motifs is 1. The highest BCUT2D eigenvalue weighted by atomic mass is 32.2. The SMILES string of the molecule is CCOC(=O)C1=C(C)Nc2nc(SCc3cccc(F)c3)nn2[C@@H]1c1ccc(F)cc1. The Morgan fingerprint density at radius 3 is 2.68 bits per heavy atom. The molecule has 4 rings (SSSR count). The van der Waals surface area contributed by atoms with E-state index in [0.29, 0.717) is 33.7 Å². The number of halogens is 2. The smallest absolute Gasteiger partial charge is 0.338 e. The van der Waals surface area contributed by atoms with E-state index >= 15 is 0 Å². The maximum absolute atomic E-state index is 13.5. The molecular formula is C22H20F2N4O2S. The van der Waals surface area contributed by atoms with E-state index in [1.807, 2.05) is 6.07 Å². The summed E-state index contributed by atoms with van der Waals surface area (Å²) >= 11 is 1.35. The predicted molar refractivity (Wildman–Crippen MR) is 113 cm³/mol. The number of hydrogen-bond acceptors (Lipinski definition) is 6. The van der Waals surface area contributed by atoms with Gasteiger partial charge >= 0.3 is 5.97 Å². The van der Waals surface area contributed by atoms with Crippen LogP contribution in [0.4, 0.5) is 14.7 Å². The van der Waals surface area contributed by atoms with Crippen molar-refractivity contribution in [3.63, 3.8) is 0 Å². The molecule has 1 N–H and O–H groups in total. The molecule has 2 heterocycles. The number of nitrogens with zero attached hydrogens (tertiary/aromatic N) is 3. The van der Waals surface area contributed by atoms with Gasteiger partial charge in [0.2, 0.25) is 11.1 Å². The summed E-state index contributed by atoms with van der Waals surface area (Å²) in [7, 11) is 0. The number of nitrogens with one attached hydrogen (secondary N) is 1. The Labute approximate surface area is 182 Å². The molecule has 1 aliphatic heterocycles. The van der Waals surface area contributed by atoms with Crippen molar-refractivity contribution in [2.75, 3.05) is 11.9 Å². The molecule has 1 aliphatic rings. The predicted octanol–water partition coefficient (Wildman–Crippen LogP) is 4.70. The van der Waals surface area contributed by atoms with Crippen molar-refractivity contribution in [1.29, 1.82) is 0 Å². The third kappa shape index (κ3) is 4.46. The van der Waals surface area contributed by atoms with Crippen LogP contribution in [0, 0.1) is 11.6 Å². The lowest BCUT2D eigenvalue weighted by Crippen LogP contribution is -2.29. The van der Waals surface area contributed by atoms with E-state index in [4.69, 9.17) is 4.74 Å². The first-order valence-corrected chi connectivity index (χ1v) is 10.7. The normalized spacial score (nSPS) is 15.4. The highest BCUT2D eigenvalue weighted by molar-refractivity contribution is 7.98. The number of aromatic nitrogens is 3. The number of esters is 1. The van der Waals surface area contributed by atoms with Crippen LogP contribution in [0.15, 0.2) is 65.0 Å². The van der Waals surface area contributed by atoms with Crippen molar-refractivity contribution >= 4 is 23.7 Å². The van der Waals surface area contributed by atoms with Crippen LogP contribution < -0.4 is 5.32 Å². The van der Waals surface area contributed by atoms with Crippen LogP contribution in [0.1, 0.15) is 31.0 Å². The molecule has 0 bridgehead atoms. The summed E-state index contributed by atoms with van der Waals surface area (Å²) in [5.41, 5.74) is 2.46. The van der Waals surface area contributed by atoms with Gasteiger partial charge in [-0.3, -0.25) is 0 Å². The van der Waals surface area contributed by atoms with Crippen molar-refractivity contribution in [3.8, 4) is 0 Å². The Hall–Kier alpha value is -3.20. The van der Waals surface area contributed by atoms with Gasteiger partial charge in [0.25, 0.3) is 0 Å². The topological polar surface area (TPSA) is 69.0 Å². The Balaban J connectivity index is 1.68. The number of benzene rings is 2. The summed E-state index contributed by atoms with van der Waals surface area (Å²) in [5, 5.41) is 8.15. The molecule has 9 heteroatoms. The number of ether oxygens (including phenoxy) is 1. The minimum Gasteiger partial charge on any atom is -0.463 e. The second kappa shape index (κ2) is 8.89. The quantitative estimate of drug-likeness (QED) is 0.441. The summed E-state index contributed by atoms with van der Waals surface area (Å²) in [6, 6.07) is 11.6. The fraction of sp³-hybridized carbons (Fsp3) is 0.227. The first-order chi connectivity index (χ1) is 15.0. The molecule has 0 saturated heterocycles. The van der Waals surface area contributed by atoms with Crippen molar-refractivity contribution in [2.24, 2.45) is 0 Å². The number of thioether (sulfide) groups is 1. The third-order valence-electron chi connectivity index (χ3n) is 4.77. The van der Waals surface area contributed by atoms with Gasteiger partial charge in [-0.25, -0.2) is 18.3 Å². The zero-order valence-electron chi connectivity index (χ0n) is 16.9. The molecule has 160 valence electrons. The molecule has 1 atom stereocenters. The van der Waals surface area contributed by atoms with Crippen LogP contribution >= 0.6 is 11.8 Å². The molecule has 1 aromatic heterocycles. The lowest BCUT2D eigenvalue weighted by molar-refractivity contribution is -0.139. The lowest BCUT2D eigenvalue weighted by atomic mass is 9.96. The van der Waals surface area contributed by atoms with Gasteiger partial charge in [0.15, 0.2) is 0 Å². The molecule has 0 spiro atoms. The van der Waals surface area contributed by atoms with Gasteiger partial charge in [0.1, 0.15) is 17.7 Å². The number of carbonyl (C=O) groups excluding carboxylic acids is 1. The van der Waals surface area contributed by atoms with Gasteiger partial charge in [0.05, 0.1) is 12.2 Å². The van der Waals surface area contributed by atoms with Gasteiger partial charge in [-0.1, -0.05) is 36.0 Å². The monoisotopic (exact) mass is 442 g/mol. The first kappa shape index (κ1) is 21.0. The number of anilines is 1. The molecule has 0 radical (unpaired) electrons. The maximum atomic E-state index is 13.5. The van der Waals surface area contributed by atoms with Crippen molar-refractivity contribution in [2.45, 2.75) is 30.8 Å². The molecule has 0 unspecified atom stereocenters. The van der Waals surface area contributed by atoms with Gasteiger partial charge in [0, 0.05) is 11.4 Å². The first-order valence-electron chi connectivity index (χ1n) is 9.70. The van der Waals surface area contributed by atoms with E-state index in [1.165, 1.54) is 36.0 Å². The standard InChI is InChI=1S/C22H20F2N4O2S/c1-3-30-20(29)18-13(2)25-21-26-22(31-12-14-5-4-6-17(24)11-14)27-28(21)19(18)15-7-9-16(23)10-8-15/h4-11,19H,3,12H2,1-2H3,(H,25,26,27)/t19-/m1/s1.